The van der Waals surface area contributed by atoms with E-state index in [1.165, 1.54) is 19.6 Å². The zero-order chi connectivity index (χ0) is 24.1. The standard InChI is InChI=1S/C23H29N5O5S/c1-3-21(29)24-13-18-9-10-25-28(18)14-17-11-19(32-2)22-20(12-17)33-26-23(22)27-34(30,31)15-16-7-5-4-6-8-16/h3,9-12,16H,1,4-8,13-15H2,2H3,(H,24,29)(H,26,27). The normalized spacial score (nSPS) is 14.7. The molecule has 0 saturated heterocycles. The van der Waals surface area contributed by atoms with E-state index in [-0.39, 0.29) is 23.4 Å². The second-order valence-corrected chi connectivity index (χ2v) is 10.3. The highest BCUT2D eigenvalue weighted by molar-refractivity contribution is 7.92. The molecule has 1 aliphatic rings. The van der Waals surface area contributed by atoms with Gasteiger partial charge in [-0.15, -0.1) is 0 Å². The number of anilines is 1. The molecule has 2 N–H and O–H groups in total. The number of carbonyl (C=O) groups is 1. The Morgan fingerprint density at radius 2 is 2.12 bits per heavy atom. The van der Waals surface area contributed by atoms with Crippen molar-refractivity contribution in [1.82, 2.24) is 20.3 Å². The number of hydrogen-bond donors (Lipinski definition) is 2. The Morgan fingerprint density at radius 3 is 2.85 bits per heavy atom. The summed E-state index contributed by atoms with van der Waals surface area (Å²) >= 11 is 0. The van der Waals surface area contributed by atoms with Crippen molar-refractivity contribution in [3.8, 4) is 5.75 Å². The number of hydrogen-bond acceptors (Lipinski definition) is 7. The van der Waals surface area contributed by atoms with Crippen molar-refractivity contribution in [2.75, 3.05) is 17.6 Å². The van der Waals surface area contributed by atoms with Crippen LogP contribution in [0.3, 0.4) is 0 Å². The van der Waals surface area contributed by atoms with Gasteiger partial charge in [-0.2, -0.15) is 5.10 Å². The molecule has 0 aliphatic heterocycles. The maximum Gasteiger partial charge on any atom is 0.243 e. The highest BCUT2D eigenvalue weighted by Gasteiger charge is 2.24. The number of amides is 1. The van der Waals surface area contributed by atoms with E-state index in [0.29, 0.717) is 29.8 Å². The molecule has 2 heterocycles. The molecule has 1 aliphatic carbocycles. The van der Waals surface area contributed by atoms with Crippen LogP contribution in [0.2, 0.25) is 0 Å². The first-order valence-corrected chi connectivity index (χ1v) is 12.9. The van der Waals surface area contributed by atoms with Crippen molar-refractivity contribution in [2.45, 2.75) is 45.2 Å². The van der Waals surface area contributed by atoms with Crippen molar-refractivity contribution in [3.05, 3.63) is 48.3 Å². The number of sulfonamides is 1. The van der Waals surface area contributed by atoms with Crippen LogP contribution in [0.15, 0.2) is 41.6 Å². The molecule has 0 atom stereocenters. The molecule has 0 spiro atoms. The number of aromatic nitrogens is 3. The molecule has 2 aromatic heterocycles. The summed E-state index contributed by atoms with van der Waals surface area (Å²) in [5, 5.41) is 11.5. The molecule has 1 amide bonds. The predicted octanol–water partition coefficient (Wildman–Crippen LogP) is 3.21. The van der Waals surface area contributed by atoms with Crippen LogP contribution in [0, 0.1) is 5.92 Å². The largest absolute Gasteiger partial charge is 0.496 e. The van der Waals surface area contributed by atoms with Crippen LogP contribution in [0.25, 0.3) is 11.0 Å². The van der Waals surface area contributed by atoms with Crippen LogP contribution in [0.1, 0.15) is 43.4 Å². The molecule has 0 radical (unpaired) electrons. The Kier molecular flexibility index (Phi) is 7.20. The van der Waals surface area contributed by atoms with Crippen LogP contribution >= 0.6 is 0 Å². The van der Waals surface area contributed by atoms with E-state index in [9.17, 15) is 13.2 Å². The molecule has 10 nitrogen and oxygen atoms in total. The van der Waals surface area contributed by atoms with Crippen LogP contribution in [-0.2, 0) is 27.9 Å². The molecule has 1 fully saturated rings. The van der Waals surface area contributed by atoms with Crippen molar-refractivity contribution >= 4 is 32.7 Å². The summed E-state index contributed by atoms with van der Waals surface area (Å²) in [6.07, 6.45) is 8.04. The minimum atomic E-state index is -3.58. The van der Waals surface area contributed by atoms with Gasteiger partial charge in [0.25, 0.3) is 0 Å². The van der Waals surface area contributed by atoms with Gasteiger partial charge in [0.15, 0.2) is 11.4 Å². The first kappa shape index (κ1) is 23.8. The minimum absolute atomic E-state index is 0.0756. The van der Waals surface area contributed by atoms with E-state index in [0.717, 1.165) is 36.9 Å². The van der Waals surface area contributed by atoms with Crippen LogP contribution < -0.4 is 14.8 Å². The zero-order valence-electron chi connectivity index (χ0n) is 19.1. The average Bonchev–Trinajstić information content (AvgIpc) is 3.43. The third-order valence-electron chi connectivity index (χ3n) is 6.02. The highest BCUT2D eigenvalue weighted by Crippen LogP contribution is 2.35. The van der Waals surface area contributed by atoms with Gasteiger partial charge < -0.3 is 14.6 Å². The average molecular weight is 488 g/mol. The Hall–Kier alpha value is -3.34. The zero-order valence-corrected chi connectivity index (χ0v) is 19.9. The fourth-order valence-corrected chi connectivity index (χ4v) is 5.81. The molecule has 0 unspecified atom stereocenters. The molecule has 1 saturated carbocycles. The first-order valence-electron chi connectivity index (χ1n) is 11.3. The van der Waals surface area contributed by atoms with Crippen LogP contribution in [0.5, 0.6) is 5.75 Å². The Bertz CT molecular complexity index is 1270. The summed E-state index contributed by atoms with van der Waals surface area (Å²) in [5.74, 6) is 0.541. The van der Waals surface area contributed by atoms with Crippen molar-refractivity contribution in [2.24, 2.45) is 5.92 Å². The number of carbonyl (C=O) groups excluding carboxylic acids is 1. The summed E-state index contributed by atoms with van der Waals surface area (Å²) in [6.45, 7) is 4.14. The molecular weight excluding hydrogens is 458 g/mol. The van der Waals surface area contributed by atoms with Gasteiger partial charge in [0.05, 0.1) is 31.6 Å². The first-order chi connectivity index (χ1) is 16.4. The fraction of sp³-hybridized carbons (Fsp3) is 0.435. The lowest BCUT2D eigenvalue weighted by atomic mass is 9.91. The second-order valence-electron chi connectivity index (χ2n) is 8.49. The van der Waals surface area contributed by atoms with E-state index in [1.54, 1.807) is 23.0 Å². The highest BCUT2D eigenvalue weighted by atomic mass is 32.2. The van der Waals surface area contributed by atoms with Gasteiger partial charge in [-0.3, -0.25) is 14.2 Å². The van der Waals surface area contributed by atoms with Crippen LogP contribution in [-0.4, -0.2) is 42.1 Å². The lowest BCUT2D eigenvalue weighted by molar-refractivity contribution is -0.116. The summed E-state index contributed by atoms with van der Waals surface area (Å²) < 4.78 is 40.9. The molecule has 34 heavy (non-hydrogen) atoms. The predicted molar refractivity (Wildman–Crippen MR) is 128 cm³/mol. The lowest BCUT2D eigenvalue weighted by Crippen LogP contribution is -2.24. The molecule has 3 aromatic rings. The second kappa shape index (κ2) is 10.3. The minimum Gasteiger partial charge on any atom is -0.496 e. The number of rotatable bonds is 10. The fourth-order valence-electron chi connectivity index (χ4n) is 4.34. The van der Waals surface area contributed by atoms with Gasteiger partial charge in [0, 0.05) is 6.20 Å². The number of nitrogens with one attached hydrogen (secondary N) is 2. The Labute approximate surface area is 198 Å². The van der Waals surface area contributed by atoms with Gasteiger partial charge in [-0.25, -0.2) is 8.42 Å². The third kappa shape index (κ3) is 5.58. The summed E-state index contributed by atoms with van der Waals surface area (Å²) in [4.78, 5) is 11.5. The van der Waals surface area contributed by atoms with Gasteiger partial charge in [0.2, 0.25) is 15.9 Å². The molecule has 0 bridgehead atoms. The molecule has 1 aromatic carbocycles. The smallest absolute Gasteiger partial charge is 0.243 e. The van der Waals surface area contributed by atoms with E-state index in [1.807, 2.05) is 6.07 Å². The number of ether oxygens (including phenoxy) is 1. The summed E-state index contributed by atoms with van der Waals surface area (Å²) in [6, 6.07) is 5.39. The molecule has 4 rings (SSSR count). The maximum atomic E-state index is 12.8. The maximum absolute atomic E-state index is 12.8. The Balaban J connectivity index is 1.54. The number of nitrogens with zero attached hydrogens (tertiary/aromatic N) is 3. The third-order valence-corrected chi connectivity index (χ3v) is 7.43. The monoisotopic (exact) mass is 487 g/mol. The van der Waals surface area contributed by atoms with E-state index < -0.39 is 10.0 Å². The SMILES string of the molecule is C=CC(=O)NCc1ccnn1Cc1cc(OC)c2c(NS(=O)(=O)CC3CCCCC3)noc2c1. The topological polar surface area (TPSA) is 128 Å². The summed E-state index contributed by atoms with van der Waals surface area (Å²) in [7, 11) is -2.07. The Morgan fingerprint density at radius 1 is 1.32 bits per heavy atom. The number of methoxy groups -OCH3 is 1. The van der Waals surface area contributed by atoms with Gasteiger partial charge >= 0.3 is 0 Å². The molecule has 11 heteroatoms. The number of fused-ring (bicyclic) bond motifs is 1. The van der Waals surface area contributed by atoms with Gasteiger partial charge in [-0.1, -0.05) is 31.0 Å². The van der Waals surface area contributed by atoms with E-state index in [2.05, 4.69) is 26.9 Å². The summed E-state index contributed by atoms with van der Waals surface area (Å²) in [5.41, 5.74) is 2.03. The van der Waals surface area contributed by atoms with Gasteiger partial charge in [0.1, 0.15) is 11.1 Å². The van der Waals surface area contributed by atoms with Crippen molar-refractivity contribution in [1.29, 1.82) is 0 Å². The molecular formula is C23H29N5O5S. The quantitative estimate of drug-likeness (QED) is 0.420. The van der Waals surface area contributed by atoms with E-state index >= 15 is 0 Å². The van der Waals surface area contributed by atoms with Gasteiger partial charge in [-0.05, 0) is 48.6 Å². The lowest BCUT2D eigenvalue weighted by Gasteiger charge is -2.21. The van der Waals surface area contributed by atoms with Crippen molar-refractivity contribution in [3.63, 3.8) is 0 Å². The number of benzene rings is 1. The van der Waals surface area contributed by atoms with Crippen molar-refractivity contribution < 1.29 is 22.5 Å². The van der Waals surface area contributed by atoms with Crippen LogP contribution in [0.4, 0.5) is 5.82 Å². The van der Waals surface area contributed by atoms with E-state index in [4.69, 9.17) is 9.26 Å². The molecule has 182 valence electrons.